The van der Waals surface area contributed by atoms with E-state index in [9.17, 15) is 4.39 Å². The van der Waals surface area contributed by atoms with Gasteiger partial charge in [-0.2, -0.15) is 0 Å². The van der Waals surface area contributed by atoms with Crippen molar-refractivity contribution < 1.29 is 4.39 Å². The predicted octanol–water partition coefficient (Wildman–Crippen LogP) is 7.73. The van der Waals surface area contributed by atoms with Gasteiger partial charge in [0.05, 0.1) is 5.56 Å². The average Bonchev–Trinajstić information content (AvgIpc) is 2.69. The Labute approximate surface area is 168 Å². The van der Waals surface area contributed by atoms with E-state index in [1.54, 1.807) is 12.1 Å². The average molecular weight is 383 g/mol. The Morgan fingerprint density at radius 3 is 2.37 bits per heavy atom. The molecule has 0 unspecified atom stereocenters. The van der Waals surface area contributed by atoms with Crippen LogP contribution in [0.3, 0.4) is 0 Å². The molecule has 142 valence electrons. The number of hydrogen-bond acceptors (Lipinski definition) is 0. The van der Waals surface area contributed by atoms with Gasteiger partial charge < -0.3 is 0 Å². The Bertz CT molecular complexity index is 789. The minimum atomic E-state index is -0.373. The van der Waals surface area contributed by atoms with Crippen molar-refractivity contribution in [1.82, 2.24) is 0 Å². The van der Waals surface area contributed by atoms with E-state index in [0.717, 1.165) is 11.5 Å². The van der Waals surface area contributed by atoms with Gasteiger partial charge in [0.1, 0.15) is 5.82 Å². The molecular formula is C25H28ClF. The monoisotopic (exact) mass is 382 g/mol. The van der Waals surface area contributed by atoms with Crippen molar-refractivity contribution in [2.75, 3.05) is 0 Å². The van der Waals surface area contributed by atoms with Crippen molar-refractivity contribution in [3.8, 4) is 11.8 Å². The lowest BCUT2D eigenvalue weighted by molar-refractivity contribution is 0.303. The number of rotatable bonds is 5. The lowest BCUT2D eigenvalue weighted by atomic mass is 9.77. The number of unbranched alkanes of at least 4 members (excludes halogenated alkanes) is 2. The summed E-state index contributed by atoms with van der Waals surface area (Å²) >= 11 is 5.78. The van der Waals surface area contributed by atoms with Crippen molar-refractivity contribution >= 4 is 11.6 Å². The Kier molecular flexibility index (Phi) is 7.36. The highest BCUT2D eigenvalue weighted by molar-refractivity contribution is 6.30. The fourth-order valence-corrected chi connectivity index (χ4v) is 4.20. The molecule has 0 aliphatic heterocycles. The van der Waals surface area contributed by atoms with Crippen LogP contribution in [0.15, 0.2) is 42.5 Å². The first-order valence-corrected chi connectivity index (χ1v) is 10.6. The van der Waals surface area contributed by atoms with E-state index in [2.05, 4.69) is 43.0 Å². The van der Waals surface area contributed by atoms with Crippen molar-refractivity contribution in [3.05, 3.63) is 70.0 Å². The van der Waals surface area contributed by atoms with E-state index in [1.807, 2.05) is 0 Å². The smallest absolute Gasteiger partial charge is 0.140 e. The van der Waals surface area contributed by atoms with E-state index < -0.39 is 0 Å². The highest BCUT2D eigenvalue weighted by Crippen LogP contribution is 2.37. The molecule has 0 spiro atoms. The number of benzene rings is 2. The van der Waals surface area contributed by atoms with Crippen LogP contribution in [-0.4, -0.2) is 0 Å². The minimum Gasteiger partial charge on any atom is -0.206 e. The quantitative estimate of drug-likeness (QED) is 0.366. The summed E-state index contributed by atoms with van der Waals surface area (Å²) in [4.78, 5) is 0. The van der Waals surface area contributed by atoms with Crippen LogP contribution >= 0.6 is 11.6 Å². The molecule has 0 N–H and O–H groups in total. The third-order valence-corrected chi connectivity index (χ3v) is 5.95. The molecule has 27 heavy (non-hydrogen) atoms. The van der Waals surface area contributed by atoms with Gasteiger partial charge >= 0.3 is 0 Å². The lowest BCUT2D eigenvalue weighted by Gasteiger charge is -2.29. The zero-order chi connectivity index (χ0) is 19.1. The molecule has 3 rings (SSSR count). The third-order valence-electron chi connectivity index (χ3n) is 5.72. The van der Waals surface area contributed by atoms with Gasteiger partial charge in [0.2, 0.25) is 0 Å². The second-order valence-electron chi connectivity index (χ2n) is 7.71. The molecule has 0 amide bonds. The van der Waals surface area contributed by atoms with Crippen molar-refractivity contribution in [2.45, 2.75) is 64.2 Å². The van der Waals surface area contributed by atoms with Gasteiger partial charge in [-0.15, -0.1) is 0 Å². The summed E-state index contributed by atoms with van der Waals surface area (Å²) in [7, 11) is 0. The van der Waals surface area contributed by atoms with Crippen molar-refractivity contribution in [3.63, 3.8) is 0 Å². The maximum atomic E-state index is 13.8. The van der Waals surface area contributed by atoms with Crippen LogP contribution in [-0.2, 0) is 0 Å². The molecule has 1 aliphatic rings. The molecular weight excluding hydrogens is 355 g/mol. The van der Waals surface area contributed by atoms with E-state index in [0.29, 0.717) is 16.5 Å². The first kappa shape index (κ1) is 20.0. The first-order chi connectivity index (χ1) is 13.2. The zero-order valence-corrected chi connectivity index (χ0v) is 16.9. The summed E-state index contributed by atoms with van der Waals surface area (Å²) in [6, 6.07) is 13.1. The summed E-state index contributed by atoms with van der Waals surface area (Å²) in [6.45, 7) is 2.27. The molecule has 1 aliphatic carbocycles. The van der Waals surface area contributed by atoms with E-state index in [-0.39, 0.29) is 5.82 Å². The maximum absolute atomic E-state index is 13.8. The fourth-order valence-electron chi connectivity index (χ4n) is 4.04. The first-order valence-electron chi connectivity index (χ1n) is 10.2. The van der Waals surface area contributed by atoms with Crippen molar-refractivity contribution in [2.24, 2.45) is 5.92 Å². The Balaban J connectivity index is 1.56. The third kappa shape index (κ3) is 5.85. The second kappa shape index (κ2) is 9.95. The SMILES string of the molecule is CCCCCC1CCC(c2ccc(C#Cc3ccc(Cl)cc3F)cc2)CC1. The van der Waals surface area contributed by atoms with Crippen LogP contribution in [0.25, 0.3) is 0 Å². The maximum Gasteiger partial charge on any atom is 0.140 e. The molecule has 0 nitrogen and oxygen atoms in total. The molecule has 0 aromatic heterocycles. The normalized spacial score (nSPS) is 19.4. The van der Waals surface area contributed by atoms with Gasteiger partial charge in [-0.05, 0) is 73.4 Å². The summed E-state index contributed by atoms with van der Waals surface area (Å²) in [5.41, 5.74) is 2.72. The predicted molar refractivity (Wildman–Crippen MR) is 113 cm³/mol. The van der Waals surface area contributed by atoms with Crippen LogP contribution in [0.5, 0.6) is 0 Å². The molecule has 1 saturated carbocycles. The fraction of sp³-hybridized carbons (Fsp3) is 0.440. The van der Waals surface area contributed by atoms with Crippen LogP contribution in [0.1, 0.15) is 80.9 Å². The highest BCUT2D eigenvalue weighted by atomic mass is 35.5. The van der Waals surface area contributed by atoms with E-state index >= 15 is 0 Å². The van der Waals surface area contributed by atoms with Gasteiger partial charge in [0.25, 0.3) is 0 Å². The van der Waals surface area contributed by atoms with E-state index in [1.165, 1.54) is 63.0 Å². The molecule has 0 bridgehead atoms. The largest absolute Gasteiger partial charge is 0.206 e. The Morgan fingerprint density at radius 2 is 1.70 bits per heavy atom. The van der Waals surface area contributed by atoms with Gasteiger partial charge in [-0.3, -0.25) is 0 Å². The molecule has 1 fully saturated rings. The molecule has 0 radical (unpaired) electrons. The summed E-state index contributed by atoms with van der Waals surface area (Å²) in [5.74, 6) is 7.20. The molecule has 2 aromatic rings. The summed E-state index contributed by atoms with van der Waals surface area (Å²) in [5, 5.41) is 0.391. The second-order valence-corrected chi connectivity index (χ2v) is 8.15. The van der Waals surface area contributed by atoms with Gasteiger partial charge in [0, 0.05) is 10.6 Å². The number of hydrogen-bond donors (Lipinski definition) is 0. The van der Waals surface area contributed by atoms with Gasteiger partial charge in [-0.1, -0.05) is 68.2 Å². The molecule has 0 atom stereocenters. The Morgan fingerprint density at radius 1 is 0.963 bits per heavy atom. The zero-order valence-electron chi connectivity index (χ0n) is 16.1. The van der Waals surface area contributed by atoms with Crippen molar-refractivity contribution in [1.29, 1.82) is 0 Å². The Hall–Kier alpha value is -1.78. The highest BCUT2D eigenvalue weighted by Gasteiger charge is 2.21. The lowest BCUT2D eigenvalue weighted by Crippen LogP contribution is -2.13. The van der Waals surface area contributed by atoms with Gasteiger partial charge in [-0.25, -0.2) is 4.39 Å². The van der Waals surface area contributed by atoms with Crippen LogP contribution in [0.2, 0.25) is 5.02 Å². The molecule has 2 aromatic carbocycles. The topological polar surface area (TPSA) is 0 Å². The van der Waals surface area contributed by atoms with Crippen LogP contribution in [0, 0.1) is 23.6 Å². The number of halogens is 2. The summed E-state index contributed by atoms with van der Waals surface area (Å²) in [6.07, 6.45) is 10.8. The van der Waals surface area contributed by atoms with E-state index in [4.69, 9.17) is 11.6 Å². The molecule has 2 heteroatoms. The minimum absolute atomic E-state index is 0.373. The summed E-state index contributed by atoms with van der Waals surface area (Å²) < 4.78 is 13.8. The van der Waals surface area contributed by atoms with Gasteiger partial charge in [0.15, 0.2) is 0 Å². The van der Waals surface area contributed by atoms with Crippen LogP contribution < -0.4 is 0 Å². The molecule has 0 heterocycles. The molecule has 0 saturated heterocycles. The standard InChI is InChI=1S/C25H28ClF/c1-2-3-4-5-19-6-11-21(12-7-19)22-13-8-20(9-14-22)10-15-23-16-17-24(26)18-25(23)27/h8-9,13-14,16-19,21H,2-7,11-12H2,1H3. The van der Waals surface area contributed by atoms with Crippen LogP contribution in [0.4, 0.5) is 4.39 Å².